The average molecular weight is 335 g/mol. The number of furan rings is 1. The number of hydrogen-bond donors (Lipinski definition) is 1. The molecule has 2 aliphatic heterocycles. The standard InChI is InChI=1S/C18H22N2O2.ClH/c1-13-2-3-15-14(10-13)11-16(22-15)17(21)20-9-6-18(12-20)4-7-19-8-5-18;/h2-3,10-11,19H,4-9,12H2,1H3;1H. The van der Waals surface area contributed by atoms with Crippen LogP contribution in [0.25, 0.3) is 11.0 Å². The molecule has 2 saturated heterocycles. The van der Waals surface area contributed by atoms with Crippen molar-refractivity contribution < 1.29 is 9.21 Å². The lowest BCUT2D eigenvalue weighted by Crippen LogP contribution is -2.39. The number of amides is 1. The van der Waals surface area contributed by atoms with E-state index in [-0.39, 0.29) is 18.3 Å². The van der Waals surface area contributed by atoms with Crippen molar-refractivity contribution in [3.8, 4) is 0 Å². The number of hydrogen-bond acceptors (Lipinski definition) is 3. The van der Waals surface area contributed by atoms with Crippen LogP contribution >= 0.6 is 12.4 Å². The minimum atomic E-state index is 0. The normalized spacial score (nSPS) is 20.0. The molecule has 2 fully saturated rings. The van der Waals surface area contributed by atoms with Gasteiger partial charge in [0.05, 0.1) is 0 Å². The fraction of sp³-hybridized carbons (Fsp3) is 0.500. The largest absolute Gasteiger partial charge is 0.451 e. The second-order valence-electron chi connectivity index (χ2n) is 6.88. The van der Waals surface area contributed by atoms with Gasteiger partial charge < -0.3 is 14.6 Å². The number of benzene rings is 1. The number of nitrogens with zero attached hydrogens (tertiary/aromatic N) is 1. The highest BCUT2D eigenvalue weighted by atomic mass is 35.5. The molecule has 4 rings (SSSR count). The Morgan fingerprint density at radius 2 is 2.00 bits per heavy atom. The maximum atomic E-state index is 12.7. The molecule has 4 nitrogen and oxygen atoms in total. The van der Waals surface area contributed by atoms with Crippen molar-refractivity contribution in [2.45, 2.75) is 26.2 Å². The van der Waals surface area contributed by atoms with Crippen LogP contribution in [0.2, 0.25) is 0 Å². The van der Waals surface area contributed by atoms with E-state index < -0.39 is 0 Å². The minimum Gasteiger partial charge on any atom is -0.451 e. The van der Waals surface area contributed by atoms with Gasteiger partial charge in [-0.15, -0.1) is 12.4 Å². The highest BCUT2D eigenvalue weighted by Gasteiger charge is 2.41. The van der Waals surface area contributed by atoms with Crippen LogP contribution in [0.15, 0.2) is 28.7 Å². The number of carbonyl (C=O) groups excluding carboxylic acids is 1. The molecule has 2 aromatic rings. The Labute approximate surface area is 142 Å². The van der Waals surface area contributed by atoms with Crippen LogP contribution < -0.4 is 5.32 Å². The smallest absolute Gasteiger partial charge is 0.289 e. The van der Waals surface area contributed by atoms with Crippen LogP contribution in [0.1, 0.15) is 35.4 Å². The van der Waals surface area contributed by atoms with Crippen LogP contribution in [0.3, 0.4) is 0 Å². The molecule has 3 heterocycles. The van der Waals surface area contributed by atoms with Crippen LogP contribution in [0.5, 0.6) is 0 Å². The first-order valence-electron chi connectivity index (χ1n) is 8.16. The maximum Gasteiger partial charge on any atom is 0.289 e. The monoisotopic (exact) mass is 334 g/mol. The highest BCUT2D eigenvalue weighted by Crippen LogP contribution is 2.39. The second-order valence-corrected chi connectivity index (χ2v) is 6.88. The van der Waals surface area contributed by atoms with E-state index in [1.54, 1.807) is 0 Å². The van der Waals surface area contributed by atoms with Gasteiger partial charge in [0.25, 0.3) is 5.91 Å². The summed E-state index contributed by atoms with van der Waals surface area (Å²) in [5, 5.41) is 4.43. The molecule has 23 heavy (non-hydrogen) atoms. The van der Waals surface area contributed by atoms with E-state index in [1.165, 1.54) is 18.4 Å². The molecule has 0 atom stereocenters. The van der Waals surface area contributed by atoms with E-state index in [4.69, 9.17) is 4.42 Å². The van der Waals surface area contributed by atoms with Gasteiger partial charge in [0.2, 0.25) is 0 Å². The molecule has 0 radical (unpaired) electrons. The summed E-state index contributed by atoms with van der Waals surface area (Å²) in [6.07, 6.45) is 3.48. The van der Waals surface area contributed by atoms with E-state index >= 15 is 0 Å². The van der Waals surface area contributed by atoms with Crippen molar-refractivity contribution in [2.24, 2.45) is 5.41 Å². The van der Waals surface area contributed by atoms with Gasteiger partial charge in [-0.1, -0.05) is 11.6 Å². The van der Waals surface area contributed by atoms with Crippen molar-refractivity contribution >= 4 is 29.3 Å². The predicted octanol–water partition coefficient (Wildman–Crippen LogP) is 3.38. The molecule has 1 spiro atoms. The van der Waals surface area contributed by atoms with Crippen LogP contribution in [-0.4, -0.2) is 37.0 Å². The Kier molecular flexibility index (Phi) is 4.39. The molecule has 124 valence electrons. The third-order valence-electron chi connectivity index (χ3n) is 5.27. The maximum absolute atomic E-state index is 12.7. The van der Waals surface area contributed by atoms with Gasteiger partial charge in [-0.2, -0.15) is 0 Å². The summed E-state index contributed by atoms with van der Waals surface area (Å²) < 4.78 is 5.77. The van der Waals surface area contributed by atoms with E-state index in [9.17, 15) is 4.79 Å². The Balaban J connectivity index is 0.00000156. The molecule has 1 aromatic heterocycles. The number of carbonyl (C=O) groups is 1. The highest BCUT2D eigenvalue weighted by molar-refractivity contribution is 5.96. The SMILES string of the molecule is Cc1ccc2oc(C(=O)N3CCC4(CCNCC4)C3)cc2c1.Cl. The zero-order valence-electron chi connectivity index (χ0n) is 13.4. The van der Waals surface area contributed by atoms with Crippen LogP contribution in [0.4, 0.5) is 0 Å². The molecule has 5 heteroatoms. The molecule has 0 unspecified atom stereocenters. The summed E-state index contributed by atoms with van der Waals surface area (Å²) in [5.74, 6) is 0.524. The first-order valence-corrected chi connectivity index (χ1v) is 8.16. The predicted molar refractivity (Wildman–Crippen MR) is 93.3 cm³/mol. The first kappa shape index (κ1) is 16.3. The Morgan fingerprint density at radius 1 is 1.22 bits per heavy atom. The Morgan fingerprint density at radius 3 is 2.78 bits per heavy atom. The summed E-state index contributed by atoms with van der Waals surface area (Å²) in [6, 6.07) is 7.91. The quantitative estimate of drug-likeness (QED) is 0.869. The number of piperidine rings is 1. The summed E-state index contributed by atoms with van der Waals surface area (Å²) >= 11 is 0. The third-order valence-corrected chi connectivity index (χ3v) is 5.27. The minimum absolute atomic E-state index is 0. The molecule has 1 amide bonds. The summed E-state index contributed by atoms with van der Waals surface area (Å²) in [4.78, 5) is 14.7. The second kappa shape index (κ2) is 6.17. The van der Waals surface area contributed by atoms with Gasteiger partial charge >= 0.3 is 0 Å². The number of fused-ring (bicyclic) bond motifs is 1. The summed E-state index contributed by atoms with van der Waals surface area (Å²) in [5.41, 5.74) is 2.32. The van der Waals surface area contributed by atoms with Crippen molar-refractivity contribution in [3.63, 3.8) is 0 Å². The average Bonchev–Trinajstić information content (AvgIpc) is 3.11. The molecule has 2 aliphatic rings. The molecule has 0 aliphatic carbocycles. The van der Waals surface area contributed by atoms with Gasteiger partial charge in [0, 0.05) is 18.5 Å². The van der Waals surface area contributed by atoms with E-state index in [1.807, 2.05) is 23.1 Å². The number of likely N-dealkylation sites (tertiary alicyclic amines) is 1. The van der Waals surface area contributed by atoms with Crippen LogP contribution in [-0.2, 0) is 0 Å². The number of halogens is 1. The fourth-order valence-corrected chi connectivity index (χ4v) is 3.90. The van der Waals surface area contributed by atoms with Crippen molar-refractivity contribution in [1.29, 1.82) is 0 Å². The van der Waals surface area contributed by atoms with Gasteiger partial charge in [-0.05, 0) is 62.9 Å². The summed E-state index contributed by atoms with van der Waals surface area (Å²) in [6.45, 7) is 5.94. The summed E-state index contributed by atoms with van der Waals surface area (Å²) in [7, 11) is 0. The molecule has 0 saturated carbocycles. The molecule has 0 bridgehead atoms. The molecule has 1 N–H and O–H groups in total. The molecular formula is C18H23ClN2O2. The van der Waals surface area contributed by atoms with E-state index in [0.717, 1.165) is 43.6 Å². The van der Waals surface area contributed by atoms with Crippen molar-refractivity contribution in [3.05, 3.63) is 35.6 Å². The lowest BCUT2D eigenvalue weighted by atomic mass is 9.78. The zero-order valence-corrected chi connectivity index (χ0v) is 14.2. The van der Waals surface area contributed by atoms with Gasteiger partial charge in [-0.25, -0.2) is 0 Å². The fourth-order valence-electron chi connectivity index (χ4n) is 3.90. The third kappa shape index (κ3) is 2.98. The van der Waals surface area contributed by atoms with Crippen LogP contribution in [0, 0.1) is 12.3 Å². The molecular weight excluding hydrogens is 312 g/mol. The van der Waals surface area contributed by atoms with Gasteiger partial charge in [0.15, 0.2) is 5.76 Å². The van der Waals surface area contributed by atoms with Gasteiger partial charge in [-0.3, -0.25) is 4.79 Å². The number of nitrogens with one attached hydrogen (secondary N) is 1. The first-order chi connectivity index (χ1) is 10.7. The zero-order chi connectivity index (χ0) is 15.2. The van der Waals surface area contributed by atoms with E-state index in [2.05, 4.69) is 18.3 Å². The Hall–Kier alpha value is -1.52. The Bertz CT molecular complexity index is 719. The number of rotatable bonds is 1. The lowest BCUT2D eigenvalue weighted by Gasteiger charge is -2.33. The topological polar surface area (TPSA) is 45.5 Å². The number of aryl methyl sites for hydroxylation is 1. The van der Waals surface area contributed by atoms with Gasteiger partial charge in [0.1, 0.15) is 5.58 Å². The van der Waals surface area contributed by atoms with Crippen molar-refractivity contribution in [2.75, 3.05) is 26.2 Å². The molecule has 1 aromatic carbocycles. The van der Waals surface area contributed by atoms with E-state index in [0.29, 0.717) is 11.2 Å². The van der Waals surface area contributed by atoms with Crippen molar-refractivity contribution in [1.82, 2.24) is 10.2 Å². The lowest BCUT2D eigenvalue weighted by molar-refractivity contribution is 0.0733.